The van der Waals surface area contributed by atoms with Gasteiger partial charge in [-0.25, -0.2) is 8.42 Å². The van der Waals surface area contributed by atoms with Gasteiger partial charge in [0, 0.05) is 31.7 Å². The molecule has 0 unspecified atom stereocenters. The summed E-state index contributed by atoms with van der Waals surface area (Å²) >= 11 is 0. The van der Waals surface area contributed by atoms with Crippen LogP contribution < -0.4 is 4.90 Å². The summed E-state index contributed by atoms with van der Waals surface area (Å²) in [4.78, 5) is 13.4. The highest BCUT2D eigenvalue weighted by atomic mass is 32.2. The average Bonchev–Trinajstić information content (AvgIpc) is 3.17. The summed E-state index contributed by atoms with van der Waals surface area (Å²) in [6.07, 6.45) is 5.59. The fraction of sp³-hybridized carbons (Fsp3) is 0.667. The molecule has 3 aliphatic rings. The quantitative estimate of drug-likeness (QED) is 0.574. The van der Waals surface area contributed by atoms with Gasteiger partial charge in [-0.15, -0.1) is 0 Å². The number of fused-ring (bicyclic) bond motifs is 1. The first-order valence-electron chi connectivity index (χ1n) is 9.61. The Morgan fingerprint density at radius 2 is 1.81 bits per heavy atom. The van der Waals surface area contributed by atoms with Crippen molar-refractivity contribution >= 4 is 21.4 Å². The maximum Gasteiger partial charge on any atom is 0.293 e. The zero-order valence-electron chi connectivity index (χ0n) is 15.2. The van der Waals surface area contributed by atoms with Crippen molar-refractivity contribution in [3.63, 3.8) is 0 Å². The Morgan fingerprint density at radius 1 is 1.07 bits per heavy atom. The molecular formula is C18H25N3O5S. The van der Waals surface area contributed by atoms with Crippen molar-refractivity contribution in [1.29, 1.82) is 0 Å². The first kappa shape index (κ1) is 18.6. The monoisotopic (exact) mass is 395 g/mol. The van der Waals surface area contributed by atoms with Crippen LogP contribution >= 0.6 is 0 Å². The van der Waals surface area contributed by atoms with E-state index in [0.29, 0.717) is 30.9 Å². The SMILES string of the molecule is O=[N+]([O-])c1cc(S(=O)(=O)N2CCOCC2)ccc1N1CCC[C@@H]2CCC[C@H]21. The molecule has 1 aromatic carbocycles. The van der Waals surface area contributed by atoms with Crippen LogP contribution in [0, 0.1) is 16.0 Å². The van der Waals surface area contributed by atoms with Gasteiger partial charge < -0.3 is 9.64 Å². The molecular weight excluding hydrogens is 370 g/mol. The van der Waals surface area contributed by atoms with Crippen LogP contribution in [0.1, 0.15) is 32.1 Å². The molecule has 148 valence electrons. The first-order valence-corrected chi connectivity index (χ1v) is 11.1. The van der Waals surface area contributed by atoms with E-state index in [1.54, 1.807) is 6.07 Å². The number of nitro benzene ring substituents is 1. The van der Waals surface area contributed by atoms with Gasteiger partial charge in [-0.3, -0.25) is 10.1 Å². The van der Waals surface area contributed by atoms with Crippen LogP contribution in [0.5, 0.6) is 0 Å². The fourth-order valence-corrected chi connectivity index (χ4v) is 6.17. The Morgan fingerprint density at radius 3 is 2.56 bits per heavy atom. The Balaban J connectivity index is 1.69. The molecule has 0 bridgehead atoms. The molecule has 1 aliphatic carbocycles. The minimum absolute atomic E-state index is 0.0140. The molecule has 0 aromatic heterocycles. The van der Waals surface area contributed by atoms with Gasteiger partial charge in [0.05, 0.1) is 23.0 Å². The van der Waals surface area contributed by atoms with Gasteiger partial charge in [0.25, 0.3) is 5.69 Å². The van der Waals surface area contributed by atoms with E-state index >= 15 is 0 Å². The molecule has 0 spiro atoms. The van der Waals surface area contributed by atoms with E-state index in [1.807, 2.05) is 0 Å². The van der Waals surface area contributed by atoms with Gasteiger partial charge in [0.1, 0.15) is 5.69 Å². The molecule has 2 aliphatic heterocycles. The summed E-state index contributed by atoms with van der Waals surface area (Å²) < 4.78 is 32.3. The van der Waals surface area contributed by atoms with Crippen molar-refractivity contribution in [1.82, 2.24) is 4.31 Å². The molecule has 8 nitrogen and oxygen atoms in total. The van der Waals surface area contributed by atoms with Crippen molar-refractivity contribution < 1.29 is 18.1 Å². The highest BCUT2D eigenvalue weighted by molar-refractivity contribution is 7.89. The second-order valence-corrected chi connectivity index (χ2v) is 9.46. The van der Waals surface area contributed by atoms with Gasteiger partial charge in [-0.1, -0.05) is 6.42 Å². The number of nitro groups is 1. The maximum absolute atomic E-state index is 12.9. The Labute approximate surface area is 159 Å². The number of anilines is 1. The predicted octanol–water partition coefficient (Wildman–Crippen LogP) is 2.38. The standard InChI is InChI=1S/C18H25N3O5S/c22-21(23)18-13-15(27(24,25)19-9-11-26-12-10-19)6-7-17(18)20-8-2-4-14-3-1-5-16(14)20/h6-7,13-14,16H,1-5,8-12H2/t14-,16+/m0/s1. The van der Waals surface area contributed by atoms with E-state index in [1.165, 1.54) is 29.3 Å². The molecule has 3 fully saturated rings. The van der Waals surface area contributed by atoms with Crippen LogP contribution in [-0.2, 0) is 14.8 Å². The largest absolute Gasteiger partial charge is 0.379 e. The van der Waals surface area contributed by atoms with E-state index < -0.39 is 14.9 Å². The third-order valence-corrected chi connectivity index (χ3v) is 7.95. The molecule has 2 atom stereocenters. The highest BCUT2D eigenvalue weighted by Gasteiger charge is 2.38. The second-order valence-electron chi connectivity index (χ2n) is 7.52. The number of benzene rings is 1. The first-order chi connectivity index (χ1) is 13.0. The molecule has 0 amide bonds. The van der Waals surface area contributed by atoms with E-state index in [0.717, 1.165) is 25.8 Å². The summed E-state index contributed by atoms with van der Waals surface area (Å²) in [5.41, 5.74) is 0.439. The number of piperidine rings is 1. The Kier molecular flexibility index (Phi) is 5.09. The number of morpholine rings is 1. The Bertz CT molecular complexity index is 822. The van der Waals surface area contributed by atoms with E-state index in [9.17, 15) is 18.5 Å². The predicted molar refractivity (Wildman–Crippen MR) is 100 cm³/mol. The third-order valence-electron chi connectivity index (χ3n) is 6.05. The van der Waals surface area contributed by atoms with Crippen LogP contribution in [0.2, 0.25) is 0 Å². The van der Waals surface area contributed by atoms with Crippen molar-refractivity contribution in [2.75, 3.05) is 37.7 Å². The lowest BCUT2D eigenvalue weighted by molar-refractivity contribution is -0.384. The highest BCUT2D eigenvalue weighted by Crippen LogP contribution is 2.42. The number of rotatable bonds is 4. The van der Waals surface area contributed by atoms with Crippen molar-refractivity contribution in [2.45, 2.75) is 43.0 Å². The van der Waals surface area contributed by atoms with E-state index in [2.05, 4.69) is 4.90 Å². The van der Waals surface area contributed by atoms with Crippen LogP contribution in [-0.4, -0.2) is 56.5 Å². The number of hydrogen-bond donors (Lipinski definition) is 0. The molecule has 2 saturated heterocycles. The topological polar surface area (TPSA) is 93.0 Å². The van der Waals surface area contributed by atoms with Gasteiger partial charge >= 0.3 is 0 Å². The molecule has 2 heterocycles. The molecule has 0 N–H and O–H groups in total. The van der Waals surface area contributed by atoms with Crippen LogP contribution in [0.4, 0.5) is 11.4 Å². The normalized spacial score (nSPS) is 26.7. The fourth-order valence-electron chi connectivity index (χ4n) is 4.74. The van der Waals surface area contributed by atoms with Crippen molar-refractivity contribution in [3.05, 3.63) is 28.3 Å². The number of sulfonamides is 1. The smallest absolute Gasteiger partial charge is 0.293 e. The number of ether oxygens (including phenoxy) is 1. The van der Waals surface area contributed by atoms with Gasteiger partial charge in [0.2, 0.25) is 10.0 Å². The average molecular weight is 395 g/mol. The summed E-state index contributed by atoms with van der Waals surface area (Å²) in [5, 5.41) is 11.8. The van der Waals surface area contributed by atoms with E-state index in [-0.39, 0.29) is 23.7 Å². The molecule has 9 heteroatoms. The molecule has 4 rings (SSSR count). The Hall–Kier alpha value is -1.71. The van der Waals surface area contributed by atoms with E-state index in [4.69, 9.17) is 4.74 Å². The molecule has 1 aromatic rings. The number of nitrogens with zero attached hydrogens (tertiary/aromatic N) is 3. The summed E-state index contributed by atoms with van der Waals surface area (Å²) in [6, 6.07) is 4.72. The number of hydrogen-bond acceptors (Lipinski definition) is 6. The van der Waals surface area contributed by atoms with Crippen molar-refractivity contribution in [3.8, 4) is 0 Å². The molecule has 1 saturated carbocycles. The lowest BCUT2D eigenvalue weighted by atomic mass is 9.91. The zero-order valence-corrected chi connectivity index (χ0v) is 16.1. The minimum Gasteiger partial charge on any atom is -0.379 e. The molecule has 0 radical (unpaired) electrons. The lowest BCUT2D eigenvalue weighted by Crippen LogP contribution is -2.43. The van der Waals surface area contributed by atoms with Crippen molar-refractivity contribution in [2.24, 2.45) is 5.92 Å². The minimum atomic E-state index is -3.75. The maximum atomic E-state index is 12.9. The van der Waals surface area contributed by atoms with Gasteiger partial charge in [0.15, 0.2) is 0 Å². The van der Waals surface area contributed by atoms with Gasteiger partial charge in [-0.05, 0) is 43.7 Å². The van der Waals surface area contributed by atoms with Gasteiger partial charge in [-0.2, -0.15) is 4.31 Å². The third kappa shape index (κ3) is 3.43. The second kappa shape index (κ2) is 7.37. The summed E-state index contributed by atoms with van der Waals surface area (Å²) in [5.74, 6) is 0.593. The van der Waals surface area contributed by atoms with Crippen LogP contribution in [0.25, 0.3) is 0 Å². The zero-order chi connectivity index (χ0) is 19.0. The van der Waals surface area contributed by atoms with Crippen LogP contribution in [0.3, 0.4) is 0 Å². The van der Waals surface area contributed by atoms with Crippen LogP contribution in [0.15, 0.2) is 23.1 Å². The molecule has 27 heavy (non-hydrogen) atoms. The lowest BCUT2D eigenvalue weighted by Gasteiger charge is -2.39. The summed E-state index contributed by atoms with van der Waals surface area (Å²) in [6.45, 7) is 2.02. The summed E-state index contributed by atoms with van der Waals surface area (Å²) in [7, 11) is -3.75.